The molecule has 1 heterocycles. The van der Waals surface area contributed by atoms with Crippen LogP contribution in [0.15, 0.2) is 60.8 Å². The SMILES string of the molecule is CCCOc1cccc(N(CC)c2nc(OCc3ccccc3)ncc2C(F)(F)F)c1. The second-order valence-corrected chi connectivity index (χ2v) is 6.75. The minimum Gasteiger partial charge on any atom is -0.494 e. The Morgan fingerprint density at radius 3 is 2.42 bits per heavy atom. The average Bonchev–Trinajstić information content (AvgIpc) is 2.77. The summed E-state index contributed by atoms with van der Waals surface area (Å²) < 4.78 is 52.3. The van der Waals surface area contributed by atoms with Crippen LogP contribution in [-0.2, 0) is 12.8 Å². The number of ether oxygens (including phenoxy) is 2. The molecule has 0 saturated heterocycles. The van der Waals surface area contributed by atoms with E-state index in [1.807, 2.05) is 37.3 Å². The van der Waals surface area contributed by atoms with Gasteiger partial charge in [0, 0.05) is 24.5 Å². The fourth-order valence-corrected chi connectivity index (χ4v) is 2.97. The lowest BCUT2D eigenvalue weighted by atomic mass is 10.2. The fourth-order valence-electron chi connectivity index (χ4n) is 2.97. The molecule has 0 aliphatic carbocycles. The van der Waals surface area contributed by atoms with Crippen molar-refractivity contribution in [3.8, 4) is 11.8 Å². The summed E-state index contributed by atoms with van der Waals surface area (Å²) in [6, 6.07) is 16.1. The van der Waals surface area contributed by atoms with Gasteiger partial charge >= 0.3 is 12.2 Å². The van der Waals surface area contributed by atoms with Gasteiger partial charge in [0.05, 0.1) is 6.61 Å². The van der Waals surface area contributed by atoms with E-state index in [2.05, 4.69) is 9.97 Å². The number of benzene rings is 2. The highest BCUT2D eigenvalue weighted by Gasteiger charge is 2.37. The molecule has 2 aromatic carbocycles. The fraction of sp³-hybridized carbons (Fsp3) is 0.304. The number of rotatable bonds is 9. The van der Waals surface area contributed by atoms with Crippen LogP contribution in [0.25, 0.3) is 0 Å². The summed E-state index contributed by atoms with van der Waals surface area (Å²) >= 11 is 0. The van der Waals surface area contributed by atoms with Crippen molar-refractivity contribution in [1.82, 2.24) is 9.97 Å². The number of aromatic nitrogens is 2. The Morgan fingerprint density at radius 2 is 1.74 bits per heavy atom. The molecule has 3 aromatic rings. The molecule has 5 nitrogen and oxygen atoms in total. The van der Waals surface area contributed by atoms with Crippen LogP contribution >= 0.6 is 0 Å². The first-order chi connectivity index (χ1) is 14.9. The van der Waals surface area contributed by atoms with Crippen molar-refractivity contribution in [3.63, 3.8) is 0 Å². The second kappa shape index (κ2) is 10.1. The van der Waals surface area contributed by atoms with Crippen molar-refractivity contribution >= 4 is 11.5 Å². The number of anilines is 2. The summed E-state index contributed by atoms with van der Waals surface area (Å²) in [5.41, 5.74) is 0.469. The molecule has 0 radical (unpaired) electrons. The summed E-state index contributed by atoms with van der Waals surface area (Å²) in [7, 11) is 0. The highest BCUT2D eigenvalue weighted by molar-refractivity contribution is 5.64. The topological polar surface area (TPSA) is 47.5 Å². The first-order valence-corrected chi connectivity index (χ1v) is 10.0. The molecule has 0 saturated carbocycles. The Labute approximate surface area is 179 Å². The molecule has 0 unspecified atom stereocenters. The zero-order valence-corrected chi connectivity index (χ0v) is 17.4. The Kier molecular flexibility index (Phi) is 7.33. The summed E-state index contributed by atoms with van der Waals surface area (Å²) in [5, 5.41) is 0. The van der Waals surface area contributed by atoms with E-state index in [4.69, 9.17) is 9.47 Å². The maximum absolute atomic E-state index is 13.7. The molecule has 0 amide bonds. The highest BCUT2D eigenvalue weighted by Crippen LogP contribution is 2.39. The normalized spacial score (nSPS) is 11.3. The molecule has 31 heavy (non-hydrogen) atoms. The molecule has 0 aliphatic heterocycles. The summed E-state index contributed by atoms with van der Waals surface area (Å²) in [6.07, 6.45) is -3.02. The van der Waals surface area contributed by atoms with Crippen LogP contribution in [0.1, 0.15) is 31.4 Å². The van der Waals surface area contributed by atoms with Gasteiger partial charge < -0.3 is 14.4 Å². The summed E-state index contributed by atoms with van der Waals surface area (Å²) in [5.74, 6) is 0.321. The lowest BCUT2D eigenvalue weighted by molar-refractivity contribution is -0.137. The first-order valence-electron chi connectivity index (χ1n) is 10.0. The molecule has 0 N–H and O–H groups in total. The summed E-state index contributed by atoms with van der Waals surface area (Å²) in [6.45, 7) is 4.67. The molecule has 0 fully saturated rings. The lowest BCUT2D eigenvalue weighted by Crippen LogP contribution is -2.23. The molecule has 8 heteroatoms. The minimum atomic E-state index is -4.61. The van der Waals surface area contributed by atoms with Crippen molar-refractivity contribution in [2.45, 2.75) is 33.1 Å². The van der Waals surface area contributed by atoms with Crippen LogP contribution in [-0.4, -0.2) is 23.1 Å². The first kappa shape index (κ1) is 22.4. The van der Waals surface area contributed by atoms with Crippen LogP contribution in [0.4, 0.5) is 24.7 Å². The molecule has 0 atom stereocenters. The van der Waals surface area contributed by atoms with Gasteiger partial charge in [0.15, 0.2) is 5.82 Å². The van der Waals surface area contributed by atoms with E-state index < -0.39 is 11.7 Å². The van der Waals surface area contributed by atoms with E-state index in [1.54, 1.807) is 31.2 Å². The largest absolute Gasteiger partial charge is 0.494 e. The number of hydrogen-bond acceptors (Lipinski definition) is 5. The third-order valence-corrected chi connectivity index (χ3v) is 4.44. The van der Waals surface area contributed by atoms with E-state index >= 15 is 0 Å². The van der Waals surface area contributed by atoms with E-state index in [-0.39, 0.29) is 25.0 Å². The quantitative estimate of drug-likeness (QED) is 0.415. The van der Waals surface area contributed by atoms with Gasteiger partial charge in [0.1, 0.15) is 17.9 Å². The van der Waals surface area contributed by atoms with Crippen molar-refractivity contribution in [2.75, 3.05) is 18.1 Å². The van der Waals surface area contributed by atoms with E-state index in [0.717, 1.165) is 18.2 Å². The summed E-state index contributed by atoms with van der Waals surface area (Å²) in [4.78, 5) is 9.38. The van der Waals surface area contributed by atoms with Gasteiger partial charge in [-0.1, -0.05) is 43.3 Å². The molecule has 0 bridgehead atoms. The molecular formula is C23H24F3N3O2. The van der Waals surface area contributed by atoms with Crippen molar-refractivity contribution < 1.29 is 22.6 Å². The molecule has 1 aromatic heterocycles. The van der Waals surface area contributed by atoms with Crippen molar-refractivity contribution in [3.05, 3.63) is 71.9 Å². The monoisotopic (exact) mass is 431 g/mol. The minimum absolute atomic E-state index is 0.122. The standard InChI is InChI=1S/C23H24F3N3O2/c1-3-13-30-19-12-8-11-18(14-19)29(4-2)21-20(23(24,25)26)15-27-22(28-21)31-16-17-9-6-5-7-10-17/h5-12,14-15H,3-4,13,16H2,1-2H3. The van der Waals surface area contributed by atoms with Gasteiger partial charge in [0.2, 0.25) is 0 Å². The number of nitrogens with zero attached hydrogens (tertiary/aromatic N) is 3. The number of halogens is 3. The van der Waals surface area contributed by atoms with Gasteiger partial charge in [-0.3, -0.25) is 0 Å². The third-order valence-electron chi connectivity index (χ3n) is 4.44. The molecule has 0 aliphatic rings. The maximum atomic E-state index is 13.7. The van der Waals surface area contributed by atoms with Crippen LogP contribution in [0.2, 0.25) is 0 Å². The predicted molar refractivity (Wildman–Crippen MR) is 113 cm³/mol. The maximum Gasteiger partial charge on any atom is 0.421 e. The van der Waals surface area contributed by atoms with Gasteiger partial charge in [-0.2, -0.15) is 18.2 Å². The second-order valence-electron chi connectivity index (χ2n) is 6.75. The molecule has 3 rings (SSSR count). The zero-order chi connectivity index (χ0) is 22.3. The van der Waals surface area contributed by atoms with E-state index in [1.165, 1.54) is 4.90 Å². The Morgan fingerprint density at radius 1 is 0.968 bits per heavy atom. The van der Waals surface area contributed by atoms with E-state index in [9.17, 15) is 13.2 Å². The molecule has 0 spiro atoms. The Hall–Kier alpha value is -3.29. The Balaban J connectivity index is 1.95. The highest BCUT2D eigenvalue weighted by atomic mass is 19.4. The van der Waals surface area contributed by atoms with Crippen LogP contribution in [0.3, 0.4) is 0 Å². The predicted octanol–water partition coefficient (Wildman–Crippen LogP) is 6.02. The number of alkyl halides is 3. The van der Waals surface area contributed by atoms with Gasteiger partial charge in [-0.15, -0.1) is 0 Å². The van der Waals surface area contributed by atoms with Crippen molar-refractivity contribution in [1.29, 1.82) is 0 Å². The van der Waals surface area contributed by atoms with E-state index in [0.29, 0.717) is 18.0 Å². The van der Waals surface area contributed by atoms with Crippen LogP contribution in [0.5, 0.6) is 11.8 Å². The van der Waals surface area contributed by atoms with Crippen LogP contribution < -0.4 is 14.4 Å². The van der Waals surface area contributed by atoms with Gasteiger partial charge in [0.25, 0.3) is 0 Å². The smallest absolute Gasteiger partial charge is 0.421 e. The Bertz CT molecular complexity index is 981. The lowest BCUT2D eigenvalue weighted by Gasteiger charge is -2.25. The van der Waals surface area contributed by atoms with Crippen molar-refractivity contribution in [2.24, 2.45) is 0 Å². The molecular weight excluding hydrogens is 407 g/mol. The molecule has 164 valence electrons. The zero-order valence-electron chi connectivity index (χ0n) is 17.4. The van der Waals surface area contributed by atoms with Crippen LogP contribution in [0, 0.1) is 0 Å². The van der Waals surface area contributed by atoms with Gasteiger partial charge in [-0.05, 0) is 31.0 Å². The van der Waals surface area contributed by atoms with Gasteiger partial charge in [-0.25, -0.2) is 4.98 Å². The number of hydrogen-bond donors (Lipinski definition) is 0. The average molecular weight is 431 g/mol. The third kappa shape index (κ3) is 5.87.